The number of aromatic hydroxyl groups is 1. The molecule has 2 aromatic rings. The van der Waals surface area contributed by atoms with Crippen molar-refractivity contribution >= 4 is 11.9 Å². The third-order valence-corrected chi connectivity index (χ3v) is 5.03. The Morgan fingerprint density at radius 3 is 2.85 bits per heavy atom. The molecule has 1 aliphatic carbocycles. The average molecular weight is 360 g/mol. The summed E-state index contributed by atoms with van der Waals surface area (Å²) in [6.07, 6.45) is 5.45. The number of fused-ring (bicyclic) bond motifs is 3. The van der Waals surface area contributed by atoms with Gasteiger partial charge in [0.25, 0.3) is 5.92 Å². The van der Waals surface area contributed by atoms with Crippen molar-refractivity contribution in [2.24, 2.45) is 0 Å². The highest BCUT2D eigenvalue weighted by molar-refractivity contribution is 5.84. The molecule has 0 amide bonds. The molecule has 0 spiro atoms. The van der Waals surface area contributed by atoms with Crippen molar-refractivity contribution in [3.05, 3.63) is 46.8 Å². The van der Waals surface area contributed by atoms with Gasteiger partial charge >= 0.3 is 0 Å². The molecule has 7 heteroatoms. The van der Waals surface area contributed by atoms with Crippen molar-refractivity contribution in [2.75, 3.05) is 6.61 Å². The molecule has 4 rings (SSSR count). The second kappa shape index (κ2) is 6.23. The summed E-state index contributed by atoms with van der Waals surface area (Å²) in [5.41, 5.74) is 2.04. The first-order chi connectivity index (χ1) is 12.5. The number of hydrogen-bond acceptors (Lipinski definition) is 4. The predicted molar refractivity (Wildman–Crippen MR) is 90.5 cm³/mol. The zero-order chi connectivity index (χ0) is 18.3. The third-order valence-electron chi connectivity index (χ3n) is 5.03. The first-order valence-electron chi connectivity index (χ1n) is 8.56. The minimum Gasteiger partial charge on any atom is -0.507 e. The summed E-state index contributed by atoms with van der Waals surface area (Å²) in [5.74, 6) is -3.93. The molecule has 1 aromatic heterocycles. The largest absolute Gasteiger partial charge is 0.507 e. The molecule has 0 saturated carbocycles. The van der Waals surface area contributed by atoms with Crippen LogP contribution < -0.4 is 4.74 Å². The topological polar surface area (TPSA) is 64.3 Å². The van der Waals surface area contributed by atoms with Crippen LogP contribution in [0.1, 0.15) is 47.3 Å². The molecular formula is C19H18F2N2O3. The molecule has 0 atom stereocenters. The maximum Gasteiger partial charge on any atom is 0.296 e. The fraction of sp³-hybridized carbons (Fsp3) is 0.368. The van der Waals surface area contributed by atoms with Crippen molar-refractivity contribution in [3.8, 4) is 11.5 Å². The van der Waals surface area contributed by atoms with Crippen LogP contribution in [0.2, 0.25) is 0 Å². The molecule has 1 aliphatic heterocycles. The molecular weight excluding hydrogens is 342 g/mol. The minimum atomic E-state index is -3.31. The molecule has 1 N–H and O–H groups in total. The van der Waals surface area contributed by atoms with E-state index < -0.39 is 18.0 Å². The maximum absolute atomic E-state index is 15.0. The lowest BCUT2D eigenvalue weighted by Crippen LogP contribution is -2.26. The van der Waals surface area contributed by atoms with Crippen LogP contribution in [0.3, 0.4) is 0 Å². The number of alkyl halides is 2. The second-order valence-corrected chi connectivity index (χ2v) is 6.65. The zero-order valence-corrected chi connectivity index (χ0v) is 14.0. The van der Waals surface area contributed by atoms with E-state index in [2.05, 4.69) is 5.10 Å². The van der Waals surface area contributed by atoms with Crippen LogP contribution >= 0.6 is 0 Å². The fourth-order valence-electron chi connectivity index (χ4n) is 3.73. The van der Waals surface area contributed by atoms with Crippen molar-refractivity contribution in [2.45, 2.75) is 38.2 Å². The van der Waals surface area contributed by atoms with E-state index in [1.165, 1.54) is 10.9 Å². The van der Waals surface area contributed by atoms with E-state index in [1.54, 1.807) is 6.07 Å². The summed E-state index contributed by atoms with van der Waals surface area (Å²) in [6.45, 7) is -0.556. The first kappa shape index (κ1) is 16.8. The molecule has 5 nitrogen and oxygen atoms in total. The second-order valence-electron chi connectivity index (χ2n) is 6.65. The number of aldehydes is 1. The van der Waals surface area contributed by atoms with Gasteiger partial charge in [-0.05, 0) is 55.0 Å². The smallest absolute Gasteiger partial charge is 0.296 e. The molecule has 26 heavy (non-hydrogen) atoms. The van der Waals surface area contributed by atoms with Crippen LogP contribution in [0.25, 0.3) is 5.57 Å². The summed E-state index contributed by atoms with van der Waals surface area (Å²) in [7, 11) is 0. The summed E-state index contributed by atoms with van der Waals surface area (Å²) in [5, 5.41) is 14.0. The number of phenolic OH excluding ortho intramolecular Hbond substituents is 1. The Hall–Kier alpha value is -2.70. The van der Waals surface area contributed by atoms with Gasteiger partial charge in [-0.3, -0.25) is 9.48 Å². The van der Waals surface area contributed by atoms with Crippen molar-refractivity contribution < 1.29 is 23.4 Å². The van der Waals surface area contributed by atoms with Crippen LogP contribution in [0.4, 0.5) is 8.78 Å². The average Bonchev–Trinajstić information content (AvgIpc) is 3.06. The number of nitrogens with zero attached hydrogens (tertiary/aromatic N) is 2. The SMILES string of the molecule is O=Cc1c(O)ccc2c1OCC1=C(CCCC1)c1ccnn1CC2(F)F. The third kappa shape index (κ3) is 2.67. The van der Waals surface area contributed by atoms with Gasteiger partial charge in [-0.25, -0.2) is 0 Å². The molecule has 0 saturated heterocycles. The number of phenols is 1. The van der Waals surface area contributed by atoms with E-state index in [4.69, 9.17) is 4.74 Å². The van der Waals surface area contributed by atoms with Crippen molar-refractivity contribution in [1.29, 1.82) is 0 Å². The fourth-order valence-corrected chi connectivity index (χ4v) is 3.73. The molecule has 0 radical (unpaired) electrons. The van der Waals surface area contributed by atoms with Crippen molar-refractivity contribution in [3.63, 3.8) is 0 Å². The Morgan fingerprint density at radius 1 is 1.23 bits per heavy atom. The molecule has 1 aromatic carbocycles. The number of carbonyl (C=O) groups is 1. The summed E-state index contributed by atoms with van der Waals surface area (Å²) in [6, 6.07) is 3.96. The van der Waals surface area contributed by atoms with Crippen molar-refractivity contribution in [1.82, 2.24) is 9.78 Å². The number of allylic oxidation sites excluding steroid dienone is 1. The summed E-state index contributed by atoms with van der Waals surface area (Å²) >= 11 is 0. The van der Waals surface area contributed by atoms with Crippen LogP contribution in [-0.4, -0.2) is 27.8 Å². The van der Waals surface area contributed by atoms with E-state index in [9.17, 15) is 9.90 Å². The molecule has 0 fully saturated rings. The highest BCUT2D eigenvalue weighted by Crippen LogP contribution is 2.43. The van der Waals surface area contributed by atoms with Gasteiger partial charge in [0.1, 0.15) is 24.7 Å². The van der Waals surface area contributed by atoms with Gasteiger partial charge < -0.3 is 9.84 Å². The molecule has 2 aliphatic rings. The quantitative estimate of drug-likeness (QED) is 0.783. The minimum absolute atomic E-state index is 0.105. The number of halogens is 2. The Bertz CT molecular complexity index is 902. The zero-order valence-electron chi connectivity index (χ0n) is 14.0. The summed E-state index contributed by atoms with van der Waals surface area (Å²) in [4.78, 5) is 11.4. The monoisotopic (exact) mass is 360 g/mol. The normalized spacial score (nSPS) is 19.0. The van der Waals surface area contributed by atoms with Crippen LogP contribution in [0.5, 0.6) is 11.5 Å². The van der Waals surface area contributed by atoms with Gasteiger partial charge in [0, 0.05) is 6.20 Å². The van der Waals surface area contributed by atoms with Crippen LogP contribution in [0, 0.1) is 0 Å². The first-order valence-corrected chi connectivity index (χ1v) is 8.56. The van der Waals surface area contributed by atoms with E-state index in [1.807, 2.05) is 0 Å². The van der Waals surface area contributed by atoms with Gasteiger partial charge in [-0.2, -0.15) is 13.9 Å². The number of hydrogen-bond donors (Lipinski definition) is 1. The van der Waals surface area contributed by atoms with E-state index >= 15 is 8.78 Å². The molecule has 2 heterocycles. The Morgan fingerprint density at radius 2 is 2.04 bits per heavy atom. The molecule has 0 bridgehead atoms. The van der Waals surface area contributed by atoms with Gasteiger partial charge in [0.2, 0.25) is 0 Å². The van der Waals surface area contributed by atoms with Crippen LogP contribution in [0.15, 0.2) is 30.0 Å². The summed E-state index contributed by atoms with van der Waals surface area (Å²) < 4.78 is 37.1. The Balaban J connectivity index is 1.93. The van der Waals surface area contributed by atoms with E-state index in [0.29, 0.717) is 12.0 Å². The Kier molecular flexibility index (Phi) is 4.01. The van der Waals surface area contributed by atoms with E-state index in [-0.39, 0.29) is 23.7 Å². The van der Waals surface area contributed by atoms with E-state index in [0.717, 1.165) is 49.0 Å². The lowest BCUT2D eigenvalue weighted by atomic mass is 9.89. The number of rotatable bonds is 1. The Labute approximate surface area is 148 Å². The number of carbonyl (C=O) groups excluding carboxylic acids is 1. The van der Waals surface area contributed by atoms with Gasteiger partial charge in [0.15, 0.2) is 6.29 Å². The lowest BCUT2D eigenvalue weighted by molar-refractivity contribution is -0.0281. The van der Waals surface area contributed by atoms with Gasteiger partial charge in [0.05, 0.1) is 16.8 Å². The van der Waals surface area contributed by atoms with Gasteiger partial charge in [-0.1, -0.05) is 0 Å². The highest BCUT2D eigenvalue weighted by atomic mass is 19.3. The predicted octanol–water partition coefficient (Wildman–Crippen LogP) is 3.91. The van der Waals surface area contributed by atoms with Crippen LogP contribution in [-0.2, 0) is 12.5 Å². The molecule has 136 valence electrons. The molecule has 0 unspecified atom stereocenters. The maximum atomic E-state index is 15.0. The number of benzene rings is 1. The standard InChI is InChI=1S/C19H18F2N2O3/c20-19(21)11-23-16(7-8-22-23)13-4-2-1-3-12(13)10-26-18-14(9-24)17(25)6-5-15(18)19/h5-9,25H,1-4,10-11H2. The number of ether oxygens (including phenoxy) is 1. The van der Waals surface area contributed by atoms with Gasteiger partial charge in [-0.15, -0.1) is 0 Å². The number of aromatic nitrogens is 2. The lowest BCUT2D eigenvalue weighted by Gasteiger charge is -2.27. The highest BCUT2D eigenvalue weighted by Gasteiger charge is 2.39.